The van der Waals surface area contributed by atoms with Gasteiger partial charge in [-0.25, -0.2) is 4.39 Å². The van der Waals surface area contributed by atoms with Crippen molar-refractivity contribution in [3.8, 4) is 5.75 Å². The van der Waals surface area contributed by atoms with E-state index in [9.17, 15) is 9.50 Å². The van der Waals surface area contributed by atoms with Crippen molar-refractivity contribution in [3.63, 3.8) is 0 Å². The van der Waals surface area contributed by atoms with Gasteiger partial charge in [-0.2, -0.15) is 0 Å². The Bertz CT molecular complexity index is 477. The quantitative estimate of drug-likeness (QED) is 0.906. The van der Waals surface area contributed by atoms with Crippen LogP contribution in [0.5, 0.6) is 5.75 Å². The van der Waals surface area contributed by atoms with E-state index in [1.165, 1.54) is 7.11 Å². The third-order valence-electron chi connectivity index (χ3n) is 4.68. The number of hydrogen-bond donors (Lipinski definition) is 1. The fourth-order valence-corrected chi connectivity index (χ4v) is 3.43. The molecule has 3 nitrogen and oxygen atoms in total. The number of benzene rings is 1. The Morgan fingerprint density at radius 1 is 1.43 bits per heavy atom. The molecule has 0 aromatic heterocycles. The van der Waals surface area contributed by atoms with Gasteiger partial charge in [0.2, 0.25) is 0 Å². The predicted molar refractivity (Wildman–Crippen MR) is 80.0 cm³/mol. The van der Waals surface area contributed by atoms with E-state index in [4.69, 9.17) is 9.47 Å². The first-order valence-corrected chi connectivity index (χ1v) is 7.57. The zero-order valence-electron chi connectivity index (χ0n) is 13.1. The van der Waals surface area contributed by atoms with E-state index < -0.39 is 17.5 Å². The lowest BCUT2D eigenvalue weighted by Gasteiger charge is -2.42. The van der Waals surface area contributed by atoms with Crippen LogP contribution in [0.1, 0.15) is 38.2 Å². The van der Waals surface area contributed by atoms with E-state index in [0.29, 0.717) is 11.5 Å². The second-order valence-electron chi connectivity index (χ2n) is 6.12. The maximum Gasteiger partial charge on any atom is 0.168 e. The molecule has 0 amide bonds. The summed E-state index contributed by atoms with van der Waals surface area (Å²) >= 11 is 0. The third kappa shape index (κ3) is 3.38. The molecule has 1 aromatic carbocycles. The number of halogens is 1. The zero-order valence-corrected chi connectivity index (χ0v) is 13.1. The maximum absolute atomic E-state index is 14.2. The van der Waals surface area contributed by atoms with E-state index >= 15 is 0 Å². The molecule has 0 radical (unpaired) electrons. The molecule has 4 heteroatoms. The van der Waals surface area contributed by atoms with Gasteiger partial charge in [-0.05, 0) is 30.4 Å². The largest absolute Gasteiger partial charge is 0.494 e. The van der Waals surface area contributed by atoms with Crippen molar-refractivity contribution in [3.05, 3.63) is 29.6 Å². The highest BCUT2D eigenvalue weighted by molar-refractivity contribution is 5.31. The fraction of sp³-hybridized carbons (Fsp3) is 0.647. The van der Waals surface area contributed by atoms with Gasteiger partial charge in [-0.3, -0.25) is 0 Å². The van der Waals surface area contributed by atoms with Gasteiger partial charge in [0.1, 0.15) is 0 Å². The van der Waals surface area contributed by atoms with Crippen LogP contribution in [0.3, 0.4) is 0 Å². The van der Waals surface area contributed by atoms with Gasteiger partial charge < -0.3 is 14.6 Å². The first-order valence-electron chi connectivity index (χ1n) is 7.57. The van der Waals surface area contributed by atoms with Gasteiger partial charge in [-0.15, -0.1) is 0 Å². The van der Waals surface area contributed by atoms with Gasteiger partial charge in [0, 0.05) is 13.5 Å². The lowest BCUT2D eigenvalue weighted by atomic mass is 9.74. The average molecular weight is 296 g/mol. The number of aliphatic hydroxyl groups excluding tert-OH is 1. The summed E-state index contributed by atoms with van der Waals surface area (Å²) in [4.78, 5) is 0. The molecule has 0 spiro atoms. The number of hydrogen-bond acceptors (Lipinski definition) is 3. The van der Waals surface area contributed by atoms with Crippen LogP contribution < -0.4 is 4.74 Å². The standard InChI is InChI=1S/C17H25FO3/c1-12-6-5-9-17(11-12,21-3)15(19)10-13-7-4-8-14(20-2)16(13)18/h4,7-8,12,15,19H,5-6,9-11H2,1-3H3. The molecule has 3 unspecified atom stereocenters. The Balaban J connectivity index is 2.18. The van der Waals surface area contributed by atoms with Crippen LogP contribution in [0, 0.1) is 11.7 Å². The number of methoxy groups -OCH3 is 2. The van der Waals surface area contributed by atoms with Gasteiger partial charge in [0.05, 0.1) is 18.8 Å². The smallest absolute Gasteiger partial charge is 0.168 e. The Morgan fingerprint density at radius 2 is 2.19 bits per heavy atom. The normalized spacial score (nSPS) is 27.4. The van der Waals surface area contributed by atoms with Gasteiger partial charge >= 0.3 is 0 Å². The minimum atomic E-state index is -0.716. The lowest BCUT2D eigenvalue weighted by molar-refractivity contribution is -0.131. The highest BCUT2D eigenvalue weighted by Crippen LogP contribution is 2.38. The summed E-state index contributed by atoms with van der Waals surface area (Å²) in [6.07, 6.45) is 3.35. The van der Waals surface area contributed by atoms with Crippen LogP contribution in [0.4, 0.5) is 4.39 Å². The Kier molecular flexibility index (Phi) is 5.22. The summed E-state index contributed by atoms with van der Waals surface area (Å²) in [6, 6.07) is 5.02. The van der Waals surface area contributed by atoms with E-state index in [0.717, 1.165) is 25.7 Å². The molecule has 1 aromatic rings. The molecule has 0 saturated heterocycles. The van der Waals surface area contributed by atoms with Gasteiger partial charge in [-0.1, -0.05) is 31.9 Å². The van der Waals surface area contributed by atoms with E-state index in [1.807, 2.05) is 0 Å². The molecular weight excluding hydrogens is 271 g/mol. The van der Waals surface area contributed by atoms with E-state index in [-0.39, 0.29) is 12.2 Å². The van der Waals surface area contributed by atoms with Crippen molar-refractivity contribution in [2.75, 3.05) is 14.2 Å². The second kappa shape index (κ2) is 6.75. The van der Waals surface area contributed by atoms with Crippen molar-refractivity contribution in [2.45, 2.75) is 50.7 Å². The molecule has 3 atom stereocenters. The molecule has 1 aliphatic carbocycles. The zero-order chi connectivity index (χ0) is 15.5. The minimum Gasteiger partial charge on any atom is -0.494 e. The molecule has 2 rings (SSSR count). The van der Waals surface area contributed by atoms with Crippen LogP contribution in [-0.4, -0.2) is 31.0 Å². The van der Waals surface area contributed by atoms with Gasteiger partial charge in [0.25, 0.3) is 0 Å². The van der Waals surface area contributed by atoms with Crippen molar-refractivity contribution in [1.82, 2.24) is 0 Å². The molecule has 1 fully saturated rings. The molecule has 21 heavy (non-hydrogen) atoms. The molecule has 0 aliphatic heterocycles. The lowest BCUT2D eigenvalue weighted by Crippen LogP contribution is -2.48. The number of ether oxygens (including phenoxy) is 2. The summed E-state index contributed by atoms with van der Waals surface area (Å²) in [7, 11) is 3.08. The highest BCUT2D eigenvalue weighted by Gasteiger charge is 2.41. The summed E-state index contributed by atoms with van der Waals surface area (Å²) in [5, 5.41) is 10.7. The Morgan fingerprint density at radius 3 is 2.81 bits per heavy atom. The first kappa shape index (κ1) is 16.2. The van der Waals surface area contributed by atoms with Crippen LogP contribution in [-0.2, 0) is 11.2 Å². The second-order valence-corrected chi connectivity index (χ2v) is 6.12. The minimum absolute atomic E-state index is 0.211. The monoisotopic (exact) mass is 296 g/mol. The van der Waals surface area contributed by atoms with Crippen LogP contribution in [0.25, 0.3) is 0 Å². The Hall–Kier alpha value is -1.13. The summed E-state index contributed by atoms with van der Waals surface area (Å²) < 4.78 is 24.9. The Labute approximate surface area is 126 Å². The van der Waals surface area contributed by atoms with Crippen molar-refractivity contribution in [1.29, 1.82) is 0 Å². The predicted octanol–water partition coefficient (Wildman–Crippen LogP) is 3.33. The molecular formula is C17H25FO3. The molecule has 1 N–H and O–H groups in total. The summed E-state index contributed by atoms with van der Waals surface area (Å²) in [6.45, 7) is 2.17. The molecule has 0 heterocycles. The highest BCUT2D eigenvalue weighted by atomic mass is 19.1. The molecule has 118 valence electrons. The number of aliphatic hydroxyl groups is 1. The van der Waals surface area contributed by atoms with Gasteiger partial charge in [0.15, 0.2) is 11.6 Å². The van der Waals surface area contributed by atoms with Crippen LogP contribution in [0.15, 0.2) is 18.2 Å². The van der Waals surface area contributed by atoms with E-state index in [1.54, 1.807) is 25.3 Å². The fourth-order valence-electron chi connectivity index (χ4n) is 3.43. The maximum atomic E-state index is 14.2. The third-order valence-corrected chi connectivity index (χ3v) is 4.68. The number of rotatable bonds is 5. The summed E-state index contributed by atoms with van der Waals surface area (Å²) in [5.74, 6) is 0.334. The van der Waals surface area contributed by atoms with Crippen LogP contribution >= 0.6 is 0 Å². The molecule has 1 saturated carbocycles. The van der Waals surface area contributed by atoms with Crippen molar-refractivity contribution in [2.24, 2.45) is 5.92 Å². The van der Waals surface area contributed by atoms with Crippen molar-refractivity contribution >= 4 is 0 Å². The molecule has 1 aliphatic rings. The van der Waals surface area contributed by atoms with Crippen molar-refractivity contribution < 1.29 is 19.0 Å². The average Bonchev–Trinajstić information content (AvgIpc) is 2.49. The van der Waals surface area contributed by atoms with Crippen LogP contribution in [0.2, 0.25) is 0 Å². The first-order chi connectivity index (χ1) is 10.0. The summed E-state index contributed by atoms with van der Waals surface area (Å²) in [5.41, 5.74) is -0.0933. The van der Waals surface area contributed by atoms with E-state index in [2.05, 4.69) is 6.92 Å². The molecule has 0 bridgehead atoms. The topological polar surface area (TPSA) is 38.7 Å². The SMILES string of the molecule is COc1cccc(CC(O)C2(OC)CCCC(C)C2)c1F.